The van der Waals surface area contributed by atoms with Crippen LogP contribution >= 0.6 is 0 Å². The highest BCUT2D eigenvalue weighted by Gasteiger charge is 2.22. The zero-order chi connectivity index (χ0) is 19.8. The lowest BCUT2D eigenvalue weighted by Gasteiger charge is -2.30. The fourth-order valence-corrected chi connectivity index (χ4v) is 4.72. The van der Waals surface area contributed by atoms with Gasteiger partial charge in [0, 0.05) is 37.1 Å². The van der Waals surface area contributed by atoms with Crippen LogP contribution in [-0.4, -0.2) is 56.7 Å². The zero-order valence-electron chi connectivity index (χ0n) is 17.0. The van der Waals surface area contributed by atoms with E-state index in [0.29, 0.717) is 6.04 Å². The van der Waals surface area contributed by atoms with E-state index in [1.807, 2.05) is 18.6 Å². The molecule has 0 spiro atoms. The van der Waals surface area contributed by atoms with Crippen LogP contribution in [0.4, 0.5) is 5.82 Å². The van der Waals surface area contributed by atoms with Gasteiger partial charge in [0.05, 0.1) is 18.0 Å². The second-order valence-corrected chi connectivity index (χ2v) is 8.35. The highest BCUT2D eigenvalue weighted by Crippen LogP contribution is 2.30. The Morgan fingerprint density at radius 2 is 1.86 bits per heavy atom. The van der Waals surface area contributed by atoms with Gasteiger partial charge in [-0.1, -0.05) is 18.2 Å². The highest BCUT2D eigenvalue weighted by molar-refractivity contribution is 5.71. The van der Waals surface area contributed by atoms with Crippen molar-refractivity contribution in [1.29, 1.82) is 0 Å². The van der Waals surface area contributed by atoms with E-state index in [-0.39, 0.29) is 6.10 Å². The highest BCUT2D eigenvalue weighted by atomic mass is 16.3. The Hall–Kier alpha value is -2.44. The van der Waals surface area contributed by atoms with Gasteiger partial charge in [0.1, 0.15) is 0 Å². The average molecular weight is 392 g/mol. The minimum Gasteiger partial charge on any atom is -0.393 e. The number of imidazole rings is 1. The number of hydrogen-bond donors (Lipinski definition) is 1. The van der Waals surface area contributed by atoms with Crippen LogP contribution in [-0.2, 0) is 0 Å². The average Bonchev–Trinajstić information content (AvgIpc) is 3.44. The molecule has 2 saturated heterocycles. The van der Waals surface area contributed by atoms with Crippen molar-refractivity contribution < 1.29 is 5.11 Å². The molecule has 2 aromatic heterocycles. The van der Waals surface area contributed by atoms with Gasteiger partial charge >= 0.3 is 0 Å². The number of aliphatic hydroxyl groups excluding tert-OH is 1. The number of fused-ring (bicyclic) bond motifs is 1. The number of benzene rings is 1. The minimum absolute atomic E-state index is 0.193. The van der Waals surface area contributed by atoms with Crippen molar-refractivity contribution in [3.63, 3.8) is 0 Å². The molecule has 2 aliphatic rings. The van der Waals surface area contributed by atoms with Gasteiger partial charge in [-0.25, -0.2) is 9.97 Å². The van der Waals surface area contributed by atoms with Crippen LogP contribution in [0.15, 0.2) is 42.9 Å². The molecule has 152 valence electrons. The number of likely N-dealkylation sites (tertiary alicyclic amines) is 1. The van der Waals surface area contributed by atoms with Gasteiger partial charge in [-0.05, 0) is 57.3 Å². The van der Waals surface area contributed by atoms with Crippen molar-refractivity contribution in [2.75, 3.05) is 31.1 Å². The Kier molecular flexibility index (Phi) is 4.97. The van der Waals surface area contributed by atoms with Crippen molar-refractivity contribution in [1.82, 2.24) is 19.3 Å². The molecular formula is C23H29N5O. The van der Waals surface area contributed by atoms with Crippen molar-refractivity contribution in [2.24, 2.45) is 0 Å². The fourth-order valence-electron chi connectivity index (χ4n) is 4.72. The second kappa shape index (κ2) is 7.76. The first kappa shape index (κ1) is 18.6. The maximum Gasteiger partial charge on any atom is 0.180 e. The van der Waals surface area contributed by atoms with Gasteiger partial charge in [0.15, 0.2) is 11.5 Å². The van der Waals surface area contributed by atoms with Crippen LogP contribution in [0, 0.1) is 0 Å². The van der Waals surface area contributed by atoms with Crippen LogP contribution in [0.2, 0.25) is 0 Å². The lowest BCUT2D eigenvalue weighted by molar-refractivity contribution is 0.145. The summed E-state index contributed by atoms with van der Waals surface area (Å²) in [5.74, 6) is 0.909. The molecule has 0 amide bonds. The first-order valence-electron chi connectivity index (χ1n) is 10.8. The third-order valence-electron chi connectivity index (χ3n) is 6.53. The van der Waals surface area contributed by atoms with Gasteiger partial charge in [-0.2, -0.15) is 0 Å². The standard InChI is InChI=1S/C23H29N5O/c1-17(26-10-2-3-11-26)18-5-4-6-19(15-18)21-16-25-23-22(24-9-14-28(21)23)27-12-7-20(29)8-13-27/h4-6,9,14-17,20,29H,2-3,7-8,10-13H2,1H3. The van der Waals surface area contributed by atoms with E-state index in [9.17, 15) is 5.11 Å². The largest absolute Gasteiger partial charge is 0.393 e. The van der Waals surface area contributed by atoms with E-state index in [0.717, 1.165) is 43.1 Å². The number of nitrogens with zero attached hydrogens (tertiary/aromatic N) is 5. The Bertz CT molecular complexity index is 986. The van der Waals surface area contributed by atoms with Gasteiger partial charge in [0.2, 0.25) is 0 Å². The van der Waals surface area contributed by atoms with Crippen molar-refractivity contribution in [3.05, 3.63) is 48.4 Å². The number of aromatic nitrogens is 3. The molecule has 3 aromatic rings. The monoisotopic (exact) mass is 391 g/mol. The molecule has 1 N–H and O–H groups in total. The van der Waals surface area contributed by atoms with Crippen LogP contribution in [0.1, 0.15) is 44.2 Å². The molecular weight excluding hydrogens is 362 g/mol. The number of piperidine rings is 1. The normalized spacial score (nSPS) is 19.9. The van der Waals surface area contributed by atoms with Crippen LogP contribution in [0.5, 0.6) is 0 Å². The molecule has 0 bridgehead atoms. The van der Waals surface area contributed by atoms with E-state index < -0.39 is 0 Å². The summed E-state index contributed by atoms with van der Waals surface area (Å²) < 4.78 is 2.15. The van der Waals surface area contributed by atoms with Crippen LogP contribution in [0.3, 0.4) is 0 Å². The molecule has 2 aliphatic heterocycles. The van der Waals surface area contributed by atoms with Gasteiger partial charge < -0.3 is 10.0 Å². The van der Waals surface area contributed by atoms with E-state index in [2.05, 4.69) is 50.4 Å². The summed E-state index contributed by atoms with van der Waals surface area (Å²) in [6.45, 7) is 6.34. The maximum absolute atomic E-state index is 9.82. The van der Waals surface area contributed by atoms with E-state index >= 15 is 0 Å². The van der Waals surface area contributed by atoms with Gasteiger partial charge in [0.25, 0.3) is 0 Å². The molecule has 29 heavy (non-hydrogen) atoms. The molecule has 5 rings (SSSR count). The summed E-state index contributed by atoms with van der Waals surface area (Å²) in [6.07, 6.45) is 9.80. The summed E-state index contributed by atoms with van der Waals surface area (Å²) in [4.78, 5) is 14.2. The maximum atomic E-state index is 9.82. The van der Waals surface area contributed by atoms with Gasteiger partial charge in [-0.3, -0.25) is 9.30 Å². The number of anilines is 1. The quantitative estimate of drug-likeness (QED) is 0.738. The Morgan fingerprint density at radius 3 is 2.66 bits per heavy atom. The SMILES string of the molecule is CC(c1cccc(-c2cnc3c(N4CCC(O)CC4)nccn23)c1)N1CCCC1. The predicted molar refractivity (Wildman–Crippen MR) is 115 cm³/mol. The summed E-state index contributed by atoms with van der Waals surface area (Å²) in [5.41, 5.74) is 4.53. The fraction of sp³-hybridized carbons (Fsp3) is 0.478. The molecule has 1 unspecified atom stereocenters. The molecule has 0 aliphatic carbocycles. The first-order valence-corrected chi connectivity index (χ1v) is 10.8. The van der Waals surface area contributed by atoms with E-state index in [1.54, 1.807) is 0 Å². The molecule has 1 aromatic carbocycles. The Balaban J connectivity index is 1.48. The predicted octanol–water partition coefficient (Wildman–Crippen LogP) is 3.51. The summed E-state index contributed by atoms with van der Waals surface area (Å²) in [6, 6.07) is 9.31. The Labute approximate surface area is 171 Å². The smallest absolute Gasteiger partial charge is 0.180 e. The summed E-state index contributed by atoms with van der Waals surface area (Å²) in [5, 5.41) is 9.82. The first-order chi connectivity index (χ1) is 14.2. The number of aliphatic hydroxyl groups is 1. The second-order valence-electron chi connectivity index (χ2n) is 8.35. The van der Waals surface area contributed by atoms with Crippen LogP contribution in [0.25, 0.3) is 16.9 Å². The van der Waals surface area contributed by atoms with Gasteiger partial charge in [-0.15, -0.1) is 0 Å². The third-order valence-corrected chi connectivity index (χ3v) is 6.53. The lowest BCUT2D eigenvalue weighted by Crippen LogP contribution is -2.36. The van der Waals surface area contributed by atoms with E-state index in [1.165, 1.54) is 37.1 Å². The number of rotatable bonds is 4. The molecule has 2 fully saturated rings. The molecule has 0 saturated carbocycles. The number of hydrogen-bond acceptors (Lipinski definition) is 5. The zero-order valence-corrected chi connectivity index (χ0v) is 17.0. The topological polar surface area (TPSA) is 56.9 Å². The van der Waals surface area contributed by atoms with Crippen LogP contribution < -0.4 is 4.90 Å². The molecule has 6 nitrogen and oxygen atoms in total. The lowest BCUT2D eigenvalue weighted by atomic mass is 10.0. The van der Waals surface area contributed by atoms with Crippen molar-refractivity contribution >= 4 is 11.5 Å². The summed E-state index contributed by atoms with van der Waals surface area (Å²) in [7, 11) is 0. The molecule has 6 heteroatoms. The minimum atomic E-state index is -0.193. The van der Waals surface area contributed by atoms with Crippen molar-refractivity contribution in [2.45, 2.75) is 44.8 Å². The van der Waals surface area contributed by atoms with E-state index in [4.69, 9.17) is 4.98 Å². The third kappa shape index (κ3) is 3.51. The molecule has 0 radical (unpaired) electrons. The molecule has 1 atom stereocenters. The summed E-state index contributed by atoms with van der Waals surface area (Å²) >= 11 is 0. The van der Waals surface area contributed by atoms with Crippen molar-refractivity contribution in [3.8, 4) is 11.3 Å². The molecule has 4 heterocycles. The Morgan fingerprint density at radius 1 is 1.07 bits per heavy atom.